The van der Waals surface area contributed by atoms with Crippen LogP contribution in [-0.2, 0) is 10.0 Å². The Kier molecular flexibility index (Phi) is 8.00. The maximum Gasteiger partial charge on any atom is 0.295 e. The van der Waals surface area contributed by atoms with E-state index in [2.05, 4.69) is 20.9 Å². The topological polar surface area (TPSA) is 125 Å². The number of unbranched alkanes of at least 4 members (excludes halogenated alkanes) is 1. The highest BCUT2D eigenvalue weighted by Crippen LogP contribution is 2.28. The second-order valence-electron chi connectivity index (χ2n) is 5.91. The molecule has 2 aromatic carbocycles. The Morgan fingerprint density at radius 2 is 2.00 bits per heavy atom. The Hall–Kier alpha value is -2.63. The number of benzene rings is 2. The summed E-state index contributed by atoms with van der Waals surface area (Å²) in [5, 5.41) is 15.0. The van der Waals surface area contributed by atoms with E-state index in [0.29, 0.717) is 11.6 Å². The first-order valence-electron chi connectivity index (χ1n) is 8.59. The van der Waals surface area contributed by atoms with E-state index < -0.39 is 20.6 Å². The second-order valence-corrected chi connectivity index (χ2v) is 8.44. The van der Waals surface area contributed by atoms with E-state index in [9.17, 15) is 18.5 Å². The SMILES string of the molecule is CCCCNC(=S)NNc1ccc(S(=O)(=O)Nc2cccc(Cl)c2)cc1[N+](=O)[O-]. The van der Waals surface area contributed by atoms with Crippen molar-refractivity contribution in [1.82, 2.24) is 10.7 Å². The summed E-state index contributed by atoms with van der Waals surface area (Å²) < 4.78 is 27.5. The fourth-order valence-electron chi connectivity index (χ4n) is 2.25. The van der Waals surface area contributed by atoms with Gasteiger partial charge in [0, 0.05) is 17.6 Å². The van der Waals surface area contributed by atoms with Crippen molar-refractivity contribution in [1.29, 1.82) is 0 Å². The van der Waals surface area contributed by atoms with Gasteiger partial charge in [0.05, 0.1) is 15.5 Å². The molecule has 0 aromatic heterocycles. The molecule has 29 heavy (non-hydrogen) atoms. The van der Waals surface area contributed by atoms with Crippen LogP contribution >= 0.6 is 23.8 Å². The predicted octanol–water partition coefficient (Wildman–Crippen LogP) is 3.64. The zero-order valence-electron chi connectivity index (χ0n) is 15.4. The first-order chi connectivity index (χ1) is 13.7. The summed E-state index contributed by atoms with van der Waals surface area (Å²) in [6.07, 6.45) is 1.92. The number of nitrogens with zero attached hydrogens (tertiary/aromatic N) is 1. The number of sulfonamides is 1. The van der Waals surface area contributed by atoms with Gasteiger partial charge in [-0.2, -0.15) is 0 Å². The minimum atomic E-state index is -4.05. The molecule has 156 valence electrons. The third kappa shape index (κ3) is 6.73. The minimum absolute atomic E-state index is 0.0661. The van der Waals surface area contributed by atoms with Gasteiger partial charge in [-0.3, -0.25) is 25.7 Å². The summed E-state index contributed by atoms with van der Waals surface area (Å²) in [6.45, 7) is 2.70. The normalized spacial score (nSPS) is 10.8. The van der Waals surface area contributed by atoms with E-state index >= 15 is 0 Å². The van der Waals surface area contributed by atoms with Gasteiger partial charge in [-0.1, -0.05) is 31.0 Å². The Morgan fingerprint density at radius 3 is 2.66 bits per heavy atom. The zero-order chi connectivity index (χ0) is 21.4. The largest absolute Gasteiger partial charge is 0.361 e. The third-order valence-corrected chi connectivity index (χ3v) is 5.54. The molecule has 0 fully saturated rings. The Morgan fingerprint density at radius 1 is 1.24 bits per heavy atom. The summed E-state index contributed by atoms with van der Waals surface area (Å²) >= 11 is 10.9. The van der Waals surface area contributed by atoms with Crippen molar-refractivity contribution >= 4 is 56.0 Å². The summed E-state index contributed by atoms with van der Waals surface area (Å²) in [7, 11) is -4.05. The van der Waals surface area contributed by atoms with Crippen molar-refractivity contribution in [2.24, 2.45) is 0 Å². The van der Waals surface area contributed by atoms with E-state index in [-0.39, 0.29) is 21.4 Å². The van der Waals surface area contributed by atoms with Gasteiger partial charge < -0.3 is 5.32 Å². The van der Waals surface area contributed by atoms with Crippen molar-refractivity contribution in [2.75, 3.05) is 16.7 Å². The molecule has 0 radical (unpaired) electrons. The molecule has 12 heteroatoms. The van der Waals surface area contributed by atoms with Crippen molar-refractivity contribution < 1.29 is 13.3 Å². The standard InChI is InChI=1S/C17H20ClN5O4S2/c1-2-3-9-19-17(28)21-20-15-8-7-14(11-16(15)23(24)25)29(26,27)22-13-6-4-5-12(18)10-13/h4-8,10-11,20,22H,2-3,9H2,1H3,(H2,19,21,28). The van der Waals surface area contributed by atoms with Crippen LogP contribution < -0.4 is 20.9 Å². The molecule has 0 aliphatic carbocycles. The van der Waals surface area contributed by atoms with Crippen LogP contribution in [0.3, 0.4) is 0 Å². The van der Waals surface area contributed by atoms with Crippen molar-refractivity contribution in [3.8, 4) is 0 Å². The van der Waals surface area contributed by atoms with E-state index in [0.717, 1.165) is 18.9 Å². The molecule has 2 rings (SSSR count). The molecule has 2 aromatic rings. The van der Waals surface area contributed by atoms with Crippen LogP contribution in [0.25, 0.3) is 0 Å². The number of halogens is 1. The van der Waals surface area contributed by atoms with Gasteiger partial charge in [0.1, 0.15) is 5.69 Å². The highest BCUT2D eigenvalue weighted by atomic mass is 35.5. The number of thiocarbonyl (C=S) groups is 1. The van der Waals surface area contributed by atoms with E-state index in [4.69, 9.17) is 23.8 Å². The van der Waals surface area contributed by atoms with Crippen LogP contribution in [-0.4, -0.2) is 25.0 Å². The fraction of sp³-hybridized carbons (Fsp3) is 0.235. The van der Waals surface area contributed by atoms with Crippen LogP contribution in [0.1, 0.15) is 19.8 Å². The molecule has 0 amide bonds. The Bertz CT molecular complexity index is 1000. The van der Waals surface area contributed by atoms with Crippen molar-refractivity contribution in [3.63, 3.8) is 0 Å². The highest BCUT2D eigenvalue weighted by molar-refractivity contribution is 7.92. The molecule has 4 N–H and O–H groups in total. The molecule has 9 nitrogen and oxygen atoms in total. The Labute approximate surface area is 179 Å². The smallest absolute Gasteiger partial charge is 0.295 e. The summed E-state index contributed by atoms with van der Waals surface area (Å²) in [5.74, 6) is 0. The fourth-order valence-corrected chi connectivity index (χ4v) is 3.66. The van der Waals surface area contributed by atoms with Crippen molar-refractivity contribution in [2.45, 2.75) is 24.7 Å². The van der Waals surface area contributed by atoms with Crippen LogP contribution in [0, 0.1) is 10.1 Å². The van der Waals surface area contributed by atoms with Gasteiger partial charge in [-0.25, -0.2) is 8.42 Å². The Balaban J connectivity index is 2.18. The number of rotatable bonds is 9. The maximum atomic E-state index is 12.6. The van der Waals surface area contributed by atoms with Gasteiger partial charge >= 0.3 is 0 Å². The van der Waals surface area contributed by atoms with E-state index in [1.54, 1.807) is 12.1 Å². The van der Waals surface area contributed by atoms with Gasteiger partial charge in [-0.05, 0) is 49.0 Å². The summed E-state index contributed by atoms with van der Waals surface area (Å²) in [4.78, 5) is 10.5. The molecule has 0 atom stereocenters. The molecule has 0 spiro atoms. The lowest BCUT2D eigenvalue weighted by Gasteiger charge is -2.13. The number of hydrogen-bond donors (Lipinski definition) is 4. The minimum Gasteiger partial charge on any atom is -0.361 e. The number of nitro groups is 1. The second kappa shape index (κ2) is 10.2. The average molecular weight is 458 g/mol. The molecular weight excluding hydrogens is 438 g/mol. The number of hydrazine groups is 1. The molecular formula is C17H20ClN5O4S2. The first kappa shape index (κ1) is 22.7. The lowest BCUT2D eigenvalue weighted by atomic mass is 10.3. The zero-order valence-corrected chi connectivity index (χ0v) is 17.8. The van der Waals surface area contributed by atoms with Gasteiger partial charge in [-0.15, -0.1) is 0 Å². The lowest BCUT2D eigenvalue weighted by molar-refractivity contribution is -0.384. The van der Waals surface area contributed by atoms with Gasteiger partial charge in [0.15, 0.2) is 5.11 Å². The molecule has 0 unspecified atom stereocenters. The molecule has 0 bridgehead atoms. The van der Waals surface area contributed by atoms with Gasteiger partial charge in [0.2, 0.25) is 0 Å². The summed E-state index contributed by atoms with van der Waals surface area (Å²) in [5.41, 5.74) is 5.15. The van der Waals surface area contributed by atoms with E-state index in [1.165, 1.54) is 24.3 Å². The summed E-state index contributed by atoms with van der Waals surface area (Å²) in [6, 6.07) is 9.62. The maximum absolute atomic E-state index is 12.6. The van der Waals surface area contributed by atoms with Crippen molar-refractivity contribution in [3.05, 3.63) is 57.6 Å². The first-order valence-corrected chi connectivity index (χ1v) is 10.9. The van der Waals surface area contributed by atoms with Crippen LogP contribution in [0.5, 0.6) is 0 Å². The van der Waals surface area contributed by atoms with Crippen LogP contribution in [0.15, 0.2) is 47.4 Å². The van der Waals surface area contributed by atoms with Gasteiger partial charge in [0.25, 0.3) is 15.7 Å². The molecule has 0 saturated heterocycles. The molecule has 0 aliphatic heterocycles. The average Bonchev–Trinajstić information content (AvgIpc) is 2.66. The number of nitro benzene ring substituents is 1. The van der Waals surface area contributed by atoms with Crippen LogP contribution in [0.2, 0.25) is 5.02 Å². The molecule has 0 aliphatic rings. The number of nitrogens with one attached hydrogen (secondary N) is 4. The number of hydrogen-bond acceptors (Lipinski definition) is 6. The lowest BCUT2D eigenvalue weighted by Crippen LogP contribution is -2.39. The predicted molar refractivity (Wildman–Crippen MR) is 118 cm³/mol. The third-order valence-electron chi connectivity index (χ3n) is 3.68. The van der Waals surface area contributed by atoms with E-state index in [1.807, 2.05) is 6.92 Å². The molecule has 0 saturated carbocycles. The quantitative estimate of drug-likeness (QED) is 0.194. The monoisotopic (exact) mass is 457 g/mol. The van der Waals surface area contributed by atoms with Crippen LogP contribution in [0.4, 0.5) is 17.1 Å². The highest BCUT2D eigenvalue weighted by Gasteiger charge is 2.22. The molecule has 0 heterocycles. The number of anilines is 2.